The van der Waals surface area contributed by atoms with Crippen molar-refractivity contribution in [1.29, 1.82) is 0 Å². The van der Waals surface area contributed by atoms with Crippen molar-refractivity contribution in [2.75, 3.05) is 0 Å². The van der Waals surface area contributed by atoms with Crippen molar-refractivity contribution < 1.29 is 0 Å². The topological polar surface area (TPSA) is 35.6 Å². The molecule has 0 unspecified atom stereocenters. The molecular weight excluding hydrogens is 825 g/mol. The Morgan fingerprint density at radius 3 is 1.40 bits per heavy atom. The van der Waals surface area contributed by atoms with Crippen LogP contribution in [0.4, 0.5) is 0 Å². The number of benzene rings is 12. The van der Waals surface area contributed by atoms with E-state index in [1.54, 1.807) is 0 Å². The second-order valence-corrected chi connectivity index (χ2v) is 18.1. The number of aromatic nitrogens is 4. The molecule has 68 heavy (non-hydrogen) atoms. The van der Waals surface area contributed by atoms with E-state index in [-0.39, 0.29) is 0 Å². The third-order valence-electron chi connectivity index (χ3n) is 14.4. The molecule has 0 atom stereocenters. The predicted molar refractivity (Wildman–Crippen MR) is 287 cm³/mol. The Bertz CT molecular complexity index is 4540. The Hall–Kier alpha value is -9.12. The summed E-state index contributed by atoms with van der Waals surface area (Å²) >= 11 is 0. The zero-order valence-electron chi connectivity index (χ0n) is 36.7. The van der Waals surface area contributed by atoms with Gasteiger partial charge in [0.15, 0.2) is 0 Å². The van der Waals surface area contributed by atoms with Gasteiger partial charge in [-0.25, -0.2) is 9.97 Å². The summed E-state index contributed by atoms with van der Waals surface area (Å²) in [7, 11) is 0. The Morgan fingerprint density at radius 1 is 0.250 bits per heavy atom. The Morgan fingerprint density at radius 2 is 0.735 bits per heavy atom. The summed E-state index contributed by atoms with van der Waals surface area (Å²) in [5.41, 5.74) is 12.6. The van der Waals surface area contributed by atoms with Crippen LogP contribution >= 0.6 is 0 Å². The van der Waals surface area contributed by atoms with Crippen LogP contribution in [0.25, 0.3) is 142 Å². The van der Waals surface area contributed by atoms with E-state index < -0.39 is 0 Å². The summed E-state index contributed by atoms with van der Waals surface area (Å²) in [6.07, 6.45) is 0. The first kappa shape index (κ1) is 37.1. The molecule has 4 heteroatoms. The molecule has 0 spiro atoms. The maximum Gasteiger partial charge on any atom is 0.0973 e. The minimum atomic E-state index is 0.862. The zero-order chi connectivity index (χ0) is 44.5. The molecule has 0 amide bonds. The highest BCUT2D eigenvalue weighted by molar-refractivity contribution is 6.26. The van der Waals surface area contributed by atoms with Gasteiger partial charge in [-0.15, -0.1) is 0 Å². The molecule has 0 radical (unpaired) electrons. The second kappa shape index (κ2) is 14.2. The van der Waals surface area contributed by atoms with Gasteiger partial charge in [0.1, 0.15) is 0 Å². The molecule has 0 N–H and O–H groups in total. The normalized spacial score (nSPS) is 12.1. The third-order valence-corrected chi connectivity index (χ3v) is 14.4. The molecule has 0 fully saturated rings. The number of rotatable bonds is 4. The van der Waals surface area contributed by atoms with E-state index in [1.165, 1.54) is 81.2 Å². The number of fused-ring (bicyclic) bond motifs is 15. The largest absolute Gasteiger partial charge is 0.309 e. The quantitative estimate of drug-likeness (QED) is 0.165. The van der Waals surface area contributed by atoms with Crippen LogP contribution in [0.15, 0.2) is 231 Å². The van der Waals surface area contributed by atoms with Gasteiger partial charge in [-0.2, -0.15) is 0 Å². The van der Waals surface area contributed by atoms with Crippen LogP contribution in [-0.4, -0.2) is 19.1 Å². The van der Waals surface area contributed by atoms with Gasteiger partial charge in [0.05, 0.1) is 50.2 Å². The summed E-state index contributed by atoms with van der Waals surface area (Å²) < 4.78 is 4.89. The van der Waals surface area contributed by atoms with Crippen LogP contribution in [0.3, 0.4) is 0 Å². The van der Waals surface area contributed by atoms with E-state index in [0.29, 0.717) is 0 Å². The number of hydrogen-bond donors (Lipinski definition) is 0. The summed E-state index contributed by atoms with van der Waals surface area (Å²) in [5.74, 6) is 0. The highest BCUT2D eigenvalue weighted by Crippen LogP contribution is 2.42. The van der Waals surface area contributed by atoms with Crippen molar-refractivity contribution in [1.82, 2.24) is 19.1 Å². The van der Waals surface area contributed by atoms with Crippen molar-refractivity contribution in [2.45, 2.75) is 0 Å². The summed E-state index contributed by atoms with van der Waals surface area (Å²) in [6.45, 7) is 0. The smallest absolute Gasteiger partial charge is 0.0973 e. The highest BCUT2D eigenvalue weighted by atomic mass is 15.0. The van der Waals surface area contributed by atoms with E-state index in [2.05, 4.69) is 228 Å². The van der Waals surface area contributed by atoms with Crippen molar-refractivity contribution in [3.8, 4) is 33.9 Å². The van der Waals surface area contributed by atoms with Gasteiger partial charge in [0, 0.05) is 43.7 Å². The van der Waals surface area contributed by atoms with E-state index in [4.69, 9.17) is 9.97 Å². The van der Waals surface area contributed by atoms with E-state index >= 15 is 0 Å². The van der Waals surface area contributed by atoms with Crippen LogP contribution < -0.4 is 0 Å². The lowest BCUT2D eigenvalue weighted by molar-refractivity contribution is 1.17. The lowest BCUT2D eigenvalue weighted by atomic mass is 9.92. The van der Waals surface area contributed by atoms with Crippen LogP contribution in [-0.2, 0) is 0 Å². The van der Waals surface area contributed by atoms with Gasteiger partial charge >= 0.3 is 0 Å². The van der Waals surface area contributed by atoms with Crippen LogP contribution in [0.2, 0.25) is 0 Å². The molecule has 0 aliphatic carbocycles. The fourth-order valence-corrected chi connectivity index (χ4v) is 11.4. The van der Waals surface area contributed by atoms with E-state index in [0.717, 1.165) is 61.2 Å². The average Bonchev–Trinajstić information content (AvgIpc) is 3.91. The maximum absolute atomic E-state index is 5.40. The van der Waals surface area contributed by atoms with Crippen molar-refractivity contribution in [3.05, 3.63) is 231 Å². The monoisotopic (exact) mass is 862 g/mol. The first-order valence-corrected chi connectivity index (χ1v) is 23.3. The molecule has 0 saturated carbocycles. The molecule has 3 heterocycles. The van der Waals surface area contributed by atoms with Crippen LogP contribution in [0, 0.1) is 0 Å². The van der Waals surface area contributed by atoms with Gasteiger partial charge in [-0.3, -0.25) is 0 Å². The SMILES string of the molecule is c1ccc2cc3c(cc2c1)c1cc(-n2c4ccccc4c4ccccc42)ccc1n3-c1cccc2cc(-c3nc4ccccc4nc3-c3ccc4c5ccccc5c5ccccc5c4c3)ccc12. The summed E-state index contributed by atoms with van der Waals surface area (Å²) in [6, 6.07) is 84.0. The fourth-order valence-electron chi connectivity index (χ4n) is 11.4. The summed E-state index contributed by atoms with van der Waals surface area (Å²) in [5, 5.41) is 17.1. The van der Waals surface area contributed by atoms with Gasteiger partial charge in [0.2, 0.25) is 0 Å². The maximum atomic E-state index is 5.40. The third kappa shape index (κ3) is 5.37. The number of nitrogens with zero attached hydrogens (tertiary/aromatic N) is 4. The molecule has 3 aromatic heterocycles. The van der Waals surface area contributed by atoms with E-state index in [1.807, 2.05) is 12.1 Å². The first-order chi connectivity index (χ1) is 33.7. The van der Waals surface area contributed by atoms with Gasteiger partial charge in [0.25, 0.3) is 0 Å². The molecule has 12 aromatic carbocycles. The predicted octanol–water partition coefficient (Wildman–Crippen LogP) is 16.9. The minimum absolute atomic E-state index is 0.862. The van der Waals surface area contributed by atoms with Crippen LogP contribution in [0.1, 0.15) is 0 Å². The van der Waals surface area contributed by atoms with Crippen molar-refractivity contribution in [2.24, 2.45) is 0 Å². The van der Waals surface area contributed by atoms with Crippen molar-refractivity contribution in [3.63, 3.8) is 0 Å². The summed E-state index contributed by atoms with van der Waals surface area (Å²) in [4.78, 5) is 10.8. The average molecular weight is 863 g/mol. The lowest BCUT2D eigenvalue weighted by Gasteiger charge is -2.15. The fraction of sp³-hybridized carbons (Fsp3) is 0. The molecule has 314 valence electrons. The van der Waals surface area contributed by atoms with Crippen LogP contribution in [0.5, 0.6) is 0 Å². The van der Waals surface area contributed by atoms with E-state index in [9.17, 15) is 0 Å². The van der Waals surface area contributed by atoms with Gasteiger partial charge in [-0.05, 0) is 121 Å². The molecule has 0 aliphatic rings. The first-order valence-electron chi connectivity index (χ1n) is 23.3. The lowest BCUT2D eigenvalue weighted by Crippen LogP contribution is -1.98. The Balaban J connectivity index is 0.938. The minimum Gasteiger partial charge on any atom is -0.309 e. The molecule has 0 aliphatic heterocycles. The molecule has 0 saturated heterocycles. The molecule has 15 aromatic rings. The number of hydrogen-bond acceptors (Lipinski definition) is 2. The molecular formula is C64H38N4. The Labute approximate surface area is 390 Å². The molecule has 15 rings (SSSR count). The highest BCUT2D eigenvalue weighted by Gasteiger charge is 2.21. The molecule has 0 bridgehead atoms. The Kier molecular flexibility index (Phi) is 7.75. The molecule has 4 nitrogen and oxygen atoms in total. The van der Waals surface area contributed by atoms with Gasteiger partial charge < -0.3 is 9.13 Å². The van der Waals surface area contributed by atoms with Crippen molar-refractivity contribution >= 4 is 109 Å². The number of para-hydroxylation sites is 4. The zero-order valence-corrected chi connectivity index (χ0v) is 36.7. The second-order valence-electron chi connectivity index (χ2n) is 18.1. The standard InChI is InChI=1S/C64H38N4/c1-2-15-40-37-62-54(35-39(40)14-1)55-38-44(67-59-25-11-7-21-51(59)52-22-8-12-26-60(52)67)30-33-61(55)68(62)58-27-13-16-41-34-42(28-31-45(41)58)63-64(66-57-24-10-9-23-56(57)65-63)43-29-32-50-48-19-4-3-17-46(48)47-18-5-6-20-49(47)53(50)36-43/h1-38H. The van der Waals surface area contributed by atoms with Gasteiger partial charge in [-0.1, -0.05) is 158 Å².